The number of carbonyl (C=O) groups excluding carboxylic acids is 5. The van der Waals surface area contributed by atoms with E-state index in [4.69, 9.17) is 47.4 Å². The normalized spacial score (nSPS) is 12.6. The lowest BCUT2D eigenvalue weighted by atomic mass is 10.1. The molecule has 31 nitrogen and oxygen atoms in total. The maximum atomic E-state index is 13.9. The molecular weight excluding hydrogens is 1940 g/mol. The van der Waals surface area contributed by atoms with Gasteiger partial charge in [-0.05, 0) is 62.1 Å². The number of alkyl halides is 9. The van der Waals surface area contributed by atoms with Crippen molar-refractivity contribution in [3.8, 4) is 34.5 Å². The maximum absolute atomic E-state index is 13.9. The van der Waals surface area contributed by atoms with Gasteiger partial charge < -0.3 is 75.6 Å². The molecule has 5 aromatic carbocycles. The lowest BCUT2D eigenvalue weighted by Crippen LogP contribution is -2.41. The number of halogens is 17. The number of methoxy groups -OCH3 is 2. The average molecular weight is 2040 g/mol. The molecule has 0 heterocycles. The standard InChI is InChI=1S/C25H39F3O12S.C18H25F3O7S.C15H18F4O4S.C11H10F4O4S.C11H11F3O4S/c1-32-4-6-34-8-10-36-12-14-38-21-16-20(24(29)40-19-23(26)25(27,28)41(3,30)31)17-22(18-21)39-15-13-37-11-9-35-7-5-33-2;1-3-5-7-26-14-9-13(10-15(11-14)27-8-6-4-2)17(22)28-12-16(19)18(20,21)29(23,24)25;1-3-4-5-6-7-8-9(20)23-14-10(16)12(18)15(24(2,21)22)13(19)11(14)17;1-3-4-5(16)19-10-6(12)8(14)11(20(2,17)18)9(15)7(10)13;1-19(16,17)11(13,14)9(12)7-18-10(15)8-5-3-2-4-6-8/h16-18,23H,4-15,19H2,1-3H3;9-11,16H,3-8,12H2,1-2H3,(H,23,24,25);3-8H2,1-2H3;3-4H2,1-2H3;2-6,9H,7H2,1H3/p-1. The maximum Gasteiger partial charge on any atom is 0.378 e. The third kappa shape index (κ3) is 42.8. The van der Waals surface area contributed by atoms with Gasteiger partial charge in [0, 0.05) is 64.2 Å². The molecule has 0 saturated heterocycles. The zero-order valence-corrected chi connectivity index (χ0v) is 77.3. The van der Waals surface area contributed by atoms with E-state index in [1.807, 2.05) is 20.8 Å². The highest BCUT2D eigenvalue weighted by Gasteiger charge is 2.53. The number of ether oxygens (including phenoxy) is 15. The molecule has 0 spiro atoms. The second kappa shape index (κ2) is 59.7. The highest BCUT2D eigenvalue weighted by Crippen LogP contribution is 2.37. The van der Waals surface area contributed by atoms with E-state index in [2.05, 4.69) is 23.7 Å². The van der Waals surface area contributed by atoms with Gasteiger partial charge in [-0.3, -0.25) is 9.59 Å². The minimum Gasteiger partial charge on any atom is -0.743 e. The Morgan fingerprint density at radius 3 is 0.925 bits per heavy atom. The van der Waals surface area contributed by atoms with Crippen molar-refractivity contribution in [2.75, 3.05) is 152 Å². The van der Waals surface area contributed by atoms with Crippen LogP contribution in [-0.2, 0) is 102 Å². The van der Waals surface area contributed by atoms with E-state index in [0.29, 0.717) is 91.4 Å². The Hall–Kier alpha value is -9.07. The van der Waals surface area contributed by atoms with Crippen LogP contribution in [-0.4, -0.2) is 262 Å². The molecule has 0 saturated carbocycles. The summed E-state index contributed by atoms with van der Waals surface area (Å²) >= 11 is 0. The van der Waals surface area contributed by atoms with Crippen LogP contribution >= 0.6 is 0 Å². The zero-order chi connectivity index (χ0) is 101. The summed E-state index contributed by atoms with van der Waals surface area (Å²) in [6.07, 6.45) is -1.64. The van der Waals surface area contributed by atoms with Crippen molar-refractivity contribution >= 4 is 79.3 Å². The van der Waals surface area contributed by atoms with Crippen LogP contribution in [0, 0.1) is 46.5 Å². The monoisotopic (exact) mass is 2040 g/mol. The second-order valence-corrected chi connectivity index (χ2v) is 36.9. The predicted octanol–water partition coefficient (Wildman–Crippen LogP) is 13.7. The van der Waals surface area contributed by atoms with Gasteiger partial charge in [-0.2, -0.15) is 43.9 Å². The van der Waals surface area contributed by atoms with Gasteiger partial charge in [0.2, 0.25) is 73.0 Å². The first-order chi connectivity index (χ1) is 61.9. The number of unbranched alkanes of at least 4 members (excludes halogenated alkanes) is 6. The fourth-order valence-electron chi connectivity index (χ4n) is 9.35. The fraction of sp³-hybridized carbons (Fsp3) is 0.562. The van der Waals surface area contributed by atoms with Gasteiger partial charge in [0.25, 0.3) is 0 Å². The van der Waals surface area contributed by atoms with Gasteiger partial charge in [-0.1, -0.05) is 84.4 Å². The van der Waals surface area contributed by atoms with Gasteiger partial charge in [0.15, 0.2) is 53.1 Å². The molecule has 0 aromatic heterocycles. The Labute approximate surface area is 756 Å². The van der Waals surface area contributed by atoms with Crippen LogP contribution in [0.4, 0.5) is 74.6 Å². The highest BCUT2D eigenvalue weighted by atomic mass is 32.2. The summed E-state index contributed by atoms with van der Waals surface area (Å²) in [6.45, 7) is 7.46. The molecule has 0 aliphatic heterocycles. The van der Waals surface area contributed by atoms with Crippen LogP contribution in [0.15, 0.2) is 76.5 Å². The van der Waals surface area contributed by atoms with E-state index in [-0.39, 0.29) is 97.9 Å². The van der Waals surface area contributed by atoms with Crippen molar-refractivity contribution in [2.45, 2.75) is 149 Å². The molecule has 758 valence electrons. The van der Waals surface area contributed by atoms with Crippen molar-refractivity contribution in [3.63, 3.8) is 0 Å². The summed E-state index contributed by atoms with van der Waals surface area (Å²) in [5.41, 5.74) is -0.310. The first-order valence-electron chi connectivity index (χ1n) is 39.5. The fourth-order valence-corrected chi connectivity index (χ4v) is 12.5. The number of sulfone groups is 4. The van der Waals surface area contributed by atoms with Crippen LogP contribution in [0.5, 0.6) is 34.5 Å². The quantitative estimate of drug-likeness (QED) is 0.00663. The molecule has 0 aliphatic carbocycles. The van der Waals surface area contributed by atoms with E-state index >= 15 is 0 Å². The lowest BCUT2D eigenvalue weighted by Gasteiger charge is -2.23. The number of carbonyl (C=O) groups is 5. The van der Waals surface area contributed by atoms with Gasteiger partial charge in [-0.15, -0.1) is 0 Å². The van der Waals surface area contributed by atoms with Crippen LogP contribution in [0.25, 0.3) is 0 Å². The summed E-state index contributed by atoms with van der Waals surface area (Å²) < 4.78 is 424. The smallest absolute Gasteiger partial charge is 0.378 e. The Morgan fingerprint density at radius 2 is 0.632 bits per heavy atom. The summed E-state index contributed by atoms with van der Waals surface area (Å²) in [5.74, 6) is -24.7. The molecule has 3 atom stereocenters. The molecular formula is C80H102F17O31S5-. The van der Waals surface area contributed by atoms with Gasteiger partial charge in [0.05, 0.1) is 96.0 Å². The molecule has 53 heteroatoms. The molecule has 0 bridgehead atoms. The third-order valence-electron chi connectivity index (χ3n) is 16.4. The van der Waals surface area contributed by atoms with Crippen LogP contribution in [0.2, 0.25) is 0 Å². The molecule has 5 aromatic rings. The lowest BCUT2D eigenvalue weighted by molar-refractivity contribution is -0.135. The van der Waals surface area contributed by atoms with Crippen LogP contribution in [0.3, 0.4) is 0 Å². The Bertz CT molecular complexity index is 4960. The van der Waals surface area contributed by atoms with E-state index in [1.54, 1.807) is 27.2 Å². The van der Waals surface area contributed by atoms with Crippen LogP contribution in [0.1, 0.15) is 136 Å². The van der Waals surface area contributed by atoms with Gasteiger partial charge in [0.1, 0.15) is 65.8 Å². The average Bonchev–Trinajstić information content (AvgIpc) is 0.774. The highest BCUT2D eigenvalue weighted by molar-refractivity contribution is 7.92. The van der Waals surface area contributed by atoms with E-state index in [1.165, 1.54) is 60.7 Å². The number of hydrogen-bond acceptors (Lipinski definition) is 31. The summed E-state index contributed by atoms with van der Waals surface area (Å²) in [6, 6.07) is 15.3. The SMILES string of the molecule is CCCC(=O)Oc1c(F)c(F)c(S(C)(=O)=O)c(F)c1F.CCCCCCCC(=O)Oc1c(F)c(F)c(S(C)(=O)=O)c(F)c1F.CCCCOc1cc(OCCCC)cc(C(=O)OCC(F)C(F)(F)S(=O)(=O)[O-])c1.COCCOCCOCCOc1cc(OCCOCCOCCOC)cc(C(=O)OCC(F)C(F)(F)S(C)(=O)=O)c1.CS(=O)(=O)C(F)(F)C(F)COC(=O)c1ccccc1. The molecule has 0 fully saturated rings. The van der Waals surface area contributed by atoms with Gasteiger partial charge in [-0.25, -0.2) is 87.2 Å². The minimum atomic E-state index is -6.24. The topological polar surface area (TPSA) is 418 Å². The van der Waals surface area contributed by atoms with E-state index < -0.39 is 201 Å². The third-order valence-corrected chi connectivity index (χ3v) is 22.0. The molecule has 133 heavy (non-hydrogen) atoms. The number of hydrogen-bond donors (Lipinski definition) is 0. The molecule has 0 aliphatic rings. The molecule has 0 N–H and O–H groups in total. The number of benzene rings is 5. The van der Waals surface area contributed by atoms with Crippen molar-refractivity contribution in [1.29, 1.82) is 0 Å². The van der Waals surface area contributed by atoms with Crippen molar-refractivity contribution in [2.24, 2.45) is 0 Å². The van der Waals surface area contributed by atoms with Crippen molar-refractivity contribution < 1.29 is 216 Å². The zero-order valence-electron chi connectivity index (χ0n) is 73.2. The Morgan fingerprint density at radius 1 is 0.346 bits per heavy atom. The summed E-state index contributed by atoms with van der Waals surface area (Å²) in [4.78, 5) is 55.1. The molecule has 3 unspecified atom stereocenters. The summed E-state index contributed by atoms with van der Waals surface area (Å²) in [7, 11) is -22.2. The first-order valence-corrected chi connectivity index (χ1v) is 48.5. The predicted molar refractivity (Wildman–Crippen MR) is 436 cm³/mol. The number of esters is 5. The van der Waals surface area contributed by atoms with Gasteiger partial charge >= 0.3 is 45.6 Å². The van der Waals surface area contributed by atoms with Crippen molar-refractivity contribution in [3.05, 3.63) is 130 Å². The van der Waals surface area contributed by atoms with E-state index in [9.17, 15) is 145 Å². The largest absolute Gasteiger partial charge is 0.743 e. The minimum absolute atomic E-state index is 0.0531. The molecule has 0 amide bonds. The molecule has 5 rings (SSSR count). The van der Waals surface area contributed by atoms with Crippen LogP contribution < -0.4 is 28.4 Å². The first kappa shape index (κ1) is 122. The Balaban J connectivity index is 0.000000857. The summed E-state index contributed by atoms with van der Waals surface area (Å²) in [5, 5.41) is -14.5. The number of rotatable bonds is 55. The Kier molecular flexibility index (Phi) is 54.8. The molecule has 0 radical (unpaired) electrons. The van der Waals surface area contributed by atoms with E-state index in [0.717, 1.165) is 44.9 Å². The van der Waals surface area contributed by atoms with Crippen molar-refractivity contribution in [1.82, 2.24) is 0 Å². The second-order valence-electron chi connectivity index (χ2n) is 27.4.